The average Bonchev–Trinajstić information content (AvgIpc) is 3.43. The first-order valence-electron chi connectivity index (χ1n) is 9.49. The van der Waals surface area contributed by atoms with Crippen molar-refractivity contribution in [3.05, 3.63) is 12.4 Å². The normalized spacial score (nSPS) is 24.5. The minimum atomic E-state index is 0.165. The van der Waals surface area contributed by atoms with E-state index in [4.69, 9.17) is 0 Å². The van der Waals surface area contributed by atoms with Crippen molar-refractivity contribution in [1.82, 2.24) is 14.9 Å². The standard InChI is InChI=1S/C18H27N5O2/c24-12-15-3-1-8-23(15)17-11-16(19-13-20-17)21-6-2-7-22(10-9-21)18(25)14-4-5-14/h11,13-15,24H,1-10,12H2. The fourth-order valence-electron chi connectivity index (χ4n) is 3.95. The van der Waals surface area contributed by atoms with Crippen LogP contribution in [0.1, 0.15) is 32.1 Å². The smallest absolute Gasteiger partial charge is 0.225 e. The van der Waals surface area contributed by atoms with Gasteiger partial charge in [-0.25, -0.2) is 9.97 Å². The lowest BCUT2D eigenvalue weighted by atomic mass is 10.2. The summed E-state index contributed by atoms with van der Waals surface area (Å²) in [6.07, 6.45) is 6.83. The molecule has 136 valence electrons. The van der Waals surface area contributed by atoms with E-state index >= 15 is 0 Å². The average molecular weight is 345 g/mol. The van der Waals surface area contributed by atoms with E-state index in [1.807, 2.05) is 11.0 Å². The SMILES string of the molecule is O=C(C1CC1)N1CCCN(c2cc(N3CCCC3CO)ncn2)CC1. The zero-order valence-corrected chi connectivity index (χ0v) is 14.7. The molecule has 1 amide bonds. The zero-order valence-electron chi connectivity index (χ0n) is 14.7. The van der Waals surface area contributed by atoms with Crippen molar-refractivity contribution < 1.29 is 9.90 Å². The molecule has 4 rings (SSSR count). The van der Waals surface area contributed by atoms with Crippen molar-refractivity contribution >= 4 is 17.5 Å². The quantitative estimate of drug-likeness (QED) is 0.874. The lowest BCUT2D eigenvalue weighted by Crippen LogP contribution is -2.36. The third kappa shape index (κ3) is 3.56. The molecule has 3 fully saturated rings. The third-order valence-electron chi connectivity index (χ3n) is 5.58. The van der Waals surface area contributed by atoms with Gasteiger partial charge in [-0.3, -0.25) is 4.79 Å². The molecule has 1 unspecified atom stereocenters. The van der Waals surface area contributed by atoms with Gasteiger partial charge in [0.1, 0.15) is 18.0 Å². The first kappa shape index (κ1) is 16.6. The number of carbonyl (C=O) groups excluding carboxylic acids is 1. The van der Waals surface area contributed by atoms with E-state index in [9.17, 15) is 9.90 Å². The van der Waals surface area contributed by atoms with Crippen LogP contribution in [-0.4, -0.2) is 71.3 Å². The van der Waals surface area contributed by atoms with E-state index in [0.717, 1.165) is 76.5 Å². The monoisotopic (exact) mass is 345 g/mol. The second-order valence-electron chi connectivity index (χ2n) is 7.35. The van der Waals surface area contributed by atoms with Gasteiger partial charge in [0, 0.05) is 44.7 Å². The van der Waals surface area contributed by atoms with Gasteiger partial charge in [-0.15, -0.1) is 0 Å². The summed E-state index contributed by atoms with van der Waals surface area (Å²) in [4.78, 5) is 27.7. The molecule has 0 radical (unpaired) electrons. The Kier molecular flexibility index (Phi) is 4.74. The number of aromatic nitrogens is 2. The predicted molar refractivity (Wildman–Crippen MR) is 95.6 cm³/mol. The predicted octanol–water partition coefficient (Wildman–Crippen LogP) is 0.886. The molecule has 1 aliphatic carbocycles. The summed E-state index contributed by atoms with van der Waals surface area (Å²) in [5.41, 5.74) is 0. The number of amides is 1. The second kappa shape index (κ2) is 7.15. The molecule has 2 aliphatic heterocycles. The molecule has 3 aliphatic rings. The first-order chi connectivity index (χ1) is 12.3. The maximum absolute atomic E-state index is 12.3. The highest BCUT2D eigenvalue weighted by atomic mass is 16.3. The Morgan fingerprint density at radius 2 is 1.88 bits per heavy atom. The van der Waals surface area contributed by atoms with Crippen LogP contribution >= 0.6 is 0 Å². The Morgan fingerprint density at radius 3 is 2.68 bits per heavy atom. The molecule has 0 aromatic carbocycles. The number of rotatable bonds is 4. The van der Waals surface area contributed by atoms with Crippen LogP contribution in [0.15, 0.2) is 12.4 Å². The number of aliphatic hydroxyl groups is 1. The summed E-state index contributed by atoms with van der Waals surface area (Å²) in [6.45, 7) is 4.46. The van der Waals surface area contributed by atoms with Crippen molar-refractivity contribution in [2.75, 3.05) is 49.1 Å². The molecule has 7 heteroatoms. The van der Waals surface area contributed by atoms with Crippen LogP contribution in [0.5, 0.6) is 0 Å². The zero-order chi connectivity index (χ0) is 17.2. The summed E-state index contributed by atoms with van der Waals surface area (Å²) >= 11 is 0. The molecule has 1 saturated carbocycles. The molecule has 1 aromatic heterocycles. The van der Waals surface area contributed by atoms with Gasteiger partial charge < -0.3 is 19.8 Å². The Balaban J connectivity index is 1.44. The van der Waals surface area contributed by atoms with Gasteiger partial charge in [0.05, 0.1) is 12.6 Å². The van der Waals surface area contributed by atoms with Crippen LogP contribution in [0, 0.1) is 5.92 Å². The Morgan fingerprint density at radius 1 is 1.04 bits per heavy atom. The highest BCUT2D eigenvalue weighted by Gasteiger charge is 2.34. The van der Waals surface area contributed by atoms with E-state index in [0.29, 0.717) is 11.8 Å². The molecule has 0 bridgehead atoms. The van der Waals surface area contributed by atoms with Gasteiger partial charge in [0.25, 0.3) is 0 Å². The summed E-state index contributed by atoms with van der Waals surface area (Å²) in [5, 5.41) is 9.55. The number of hydrogen-bond acceptors (Lipinski definition) is 6. The molecule has 1 atom stereocenters. The van der Waals surface area contributed by atoms with E-state index in [2.05, 4.69) is 19.8 Å². The molecule has 1 N–H and O–H groups in total. The molecule has 7 nitrogen and oxygen atoms in total. The number of hydrogen-bond donors (Lipinski definition) is 1. The van der Waals surface area contributed by atoms with Gasteiger partial charge in [-0.05, 0) is 32.1 Å². The highest BCUT2D eigenvalue weighted by molar-refractivity contribution is 5.81. The Hall–Kier alpha value is -1.89. The molecule has 2 saturated heterocycles. The second-order valence-corrected chi connectivity index (χ2v) is 7.35. The van der Waals surface area contributed by atoms with Gasteiger partial charge in [0.15, 0.2) is 0 Å². The summed E-state index contributed by atoms with van der Waals surface area (Å²) < 4.78 is 0. The fraction of sp³-hybridized carbons (Fsp3) is 0.722. The van der Waals surface area contributed by atoms with Crippen LogP contribution in [0.4, 0.5) is 11.6 Å². The van der Waals surface area contributed by atoms with Crippen LogP contribution in [0.3, 0.4) is 0 Å². The minimum absolute atomic E-state index is 0.165. The summed E-state index contributed by atoms with van der Waals surface area (Å²) in [6, 6.07) is 2.20. The van der Waals surface area contributed by atoms with Gasteiger partial charge >= 0.3 is 0 Å². The first-order valence-corrected chi connectivity index (χ1v) is 9.49. The largest absolute Gasteiger partial charge is 0.394 e. The Labute approximate surface area is 148 Å². The van der Waals surface area contributed by atoms with Crippen molar-refractivity contribution in [3.63, 3.8) is 0 Å². The number of anilines is 2. The van der Waals surface area contributed by atoms with Crippen LogP contribution in [0.25, 0.3) is 0 Å². The molecular weight excluding hydrogens is 318 g/mol. The van der Waals surface area contributed by atoms with Crippen LogP contribution < -0.4 is 9.80 Å². The van der Waals surface area contributed by atoms with Crippen molar-refractivity contribution in [2.24, 2.45) is 5.92 Å². The maximum atomic E-state index is 12.3. The molecular formula is C18H27N5O2. The maximum Gasteiger partial charge on any atom is 0.225 e. The van der Waals surface area contributed by atoms with Crippen molar-refractivity contribution in [2.45, 2.75) is 38.1 Å². The summed E-state index contributed by atoms with van der Waals surface area (Å²) in [5.74, 6) is 2.46. The van der Waals surface area contributed by atoms with Crippen molar-refractivity contribution in [1.29, 1.82) is 0 Å². The lowest BCUT2D eigenvalue weighted by molar-refractivity contribution is -0.132. The van der Waals surface area contributed by atoms with E-state index in [-0.39, 0.29) is 12.6 Å². The number of aliphatic hydroxyl groups excluding tert-OH is 1. The van der Waals surface area contributed by atoms with E-state index in [1.165, 1.54) is 0 Å². The van der Waals surface area contributed by atoms with E-state index in [1.54, 1.807) is 6.33 Å². The lowest BCUT2D eigenvalue weighted by Gasteiger charge is -2.26. The topological polar surface area (TPSA) is 72.8 Å². The highest BCUT2D eigenvalue weighted by Crippen LogP contribution is 2.31. The molecule has 1 aromatic rings. The third-order valence-corrected chi connectivity index (χ3v) is 5.58. The molecule has 3 heterocycles. The van der Waals surface area contributed by atoms with Gasteiger partial charge in [-0.2, -0.15) is 0 Å². The molecule has 25 heavy (non-hydrogen) atoms. The van der Waals surface area contributed by atoms with Gasteiger partial charge in [0.2, 0.25) is 5.91 Å². The summed E-state index contributed by atoms with van der Waals surface area (Å²) in [7, 11) is 0. The molecule has 0 spiro atoms. The number of nitrogens with zero attached hydrogens (tertiary/aromatic N) is 5. The Bertz CT molecular complexity index is 621. The fourth-order valence-corrected chi connectivity index (χ4v) is 3.95. The minimum Gasteiger partial charge on any atom is -0.394 e. The van der Waals surface area contributed by atoms with Crippen LogP contribution in [0.2, 0.25) is 0 Å². The van der Waals surface area contributed by atoms with E-state index < -0.39 is 0 Å². The van der Waals surface area contributed by atoms with Crippen LogP contribution in [-0.2, 0) is 4.79 Å². The van der Waals surface area contributed by atoms with Gasteiger partial charge in [-0.1, -0.05) is 0 Å². The van der Waals surface area contributed by atoms with Crippen molar-refractivity contribution in [3.8, 4) is 0 Å². The number of carbonyl (C=O) groups is 1.